The third kappa shape index (κ3) is 4.72. The largest absolute Gasteiger partial charge is 0.455 e. The molecule has 0 saturated heterocycles. The van der Waals surface area contributed by atoms with Crippen LogP contribution in [0.2, 0.25) is 0 Å². The fourth-order valence-corrected chi connectivity index (χ4v) is 8.45. The van der Waals surface area contributed by atoms with Crippen LogP contribution in [0.3, 0.4) is 0 Å². The molecule has 51 heavy (non-hydrogen) atoms. The first kappa shape index (κ1) is 29.3. The van der Waals surface area contributed by atoms with E-state index >= 15 is 0 Å². The Labute approximate surface area is 296 Å². The highest BCUT2D eigenvalue weighted by atomic mass is 32.1. The number of nitrogens with one attached hydrogen (secondary N) is 1. The lowest BCUT2D eigenvalue weighted by Crippen LogP contribution is -2.05. The van der Waals surface area contributed by atoms with Crippen molar-refractivity contribution < 1.29 is 4.42 Å². The first-order valence-electron chi connectivity index (χ1n) is 16.8. The van der Waals surface area contributed by atoms with Crippen molar-refractivity contribution in [1.82, 2.24) is 4.57 Å². The molecule has 7 aromatic carbocycles. The van der Waals surface area contributed by atoms with Crippen LogP contribution in [-0.2, 0) is 0 Å². The summed E-state index contributed by atoms with van der Waals surface area (Å²) < 4.78 is 11.5. The van der Waals surface area contributed by atoms with Crippen LogP contribution in [0.25, 0.3) is 69.6 Å². The van der Waals surface area contributed by atoms with Crippen molar-refractivity contribution in [3.8, 4) is 5.69 Å². The van der Waals surface area contributed by atoms with Crippen LogP contribution in [0, 0.1) is 5.41 Å². The number of para-hydroxylation sites is 2. The minimum absolute atomic E-state index is 0.119. The van der Waals surface area contributed by atoms with Gasteiger partial charge in [0.2, 0.25) is 0 Å². The average Bonchev–Trinajstić information content (AvgIpc) is 3.87. The molecule has 0 fully saturated rings. The second-order valence-electron chi connectivity index (χ2n) is 12.5. The van der Waals surface area contributed by atoms with Crippen LogP contribution >= 0.6 is 11.3 Å². The van der Waals surface area contributed by atoms with Crippen molar-refractivity contribution in [3.63, 3.8) is 0 Å². The molecule has 5 nitrogen and oxygen atoms in total. The Kier molecular flexibility index (Phi) is 6.76. The molecular formula is C45H28N4OS. The van der Waals surface area contributed by atoms with Crippen LogP contribution in [0.5, 0.6) is 0 Å². The SMILES string of the molecule is N=C(N=C(N=Cc1ccccc1)c1ccccc1)c1cccc2oc3c(ccc4sc5cccc(-n6c7ccccc7c7ccccc76)c5c43)c12. The summed E-state index contributed by atoms with van der Waals surface area (Å²) in [5.41, 5.74) is 7.47. The second kappa shape index (κ2) is 11.8. The monoisotopic (exact) mass is 672 g/mol. The Morgan fingerprint density at radius 1 is 0.588 bits per heavy atom. The summed E-state index contributed by atoms with van der Waals surface area (Å²) in [5, 5.41) is 15.9. The van der Waals surface area contributed by atoms with Gasteiger partial charge in [0.15, 0.2) is 11.7 Å². The Bertz CT molecular complexity index is 2990. The summed E-state index contributed by atoms with van der Waals surface area (Å²) >= 11 is 1.78. The van der Waals surface area contributed by atoms with Crippen LogP contribution < -0.4 is 0 Å². The number of thiophene rings is 1. The number of furan rings is 1. The number of aromatic nitrogens is 1. The second-order valence-corrected chi connectivity index (χ2v) is 13.6. The predicted molar refractivity (Wildman–Crippen MR) is 215 cm³/mol. The summed E-state index contributed by atoms with van der Waals surface area (Å²) in [6.45, 7) is 0. The summed E-state index contributed by atoms with van der Waals surface area (Å²) in [4.78, 5) is 9.60. The predicted octanol–water partition coefficient (Wildman–Crippen LogP) is 11.9. The minimum atomic E-state index is 0.119. The Morgan fingerprint density at radius 2 is 1.25 bits per heavy atom. The molecule has 10 rings (SSSR count). The number of hydrogen-bond donors (Lipinski definition) is 1. The van der Waals surface area contributed by atoms with Gasteiger partial charge in [-0.15, -0.1) is 11.3 Å². The lowest BCUT2D eigenvalue weighted by atomic mass is 10.0. The molecule has 0 bridgehead atoms. The van der Waals surface area contributed by atoms with Crippen LogP contribution in [0.15, 0.2) is 172 Å². The zero-order chi connectivity index (χ0) is 33.9. The highest BCUT2D eigenvalue weighted by Gasteiger charge is 2.22. The molecule has 240 valence electrons. The maximum Gasteiger partial charge on any atom is 0.161 e. The normalized spacial score (nSPS) is 12.4. The van der Waals surface area contributed by atoms with Gasteiger partial charge in [0.05, 0.1) is 16.7 Å². The Morgan fingerprint density at radius 3 is 2.02 bits per heavy atom. The highest BCUT2D eigenvalue weighted by molar-refractivity contribution is 7.26. The van der Waals surface area contributed by atoms with Crippen molar-refractivity contribution in [2.24, 2.45) is 9.98 Å². The number of benzene rings is 7. The molecule has 0 aliphatic carbocycles. The van der Waals surface area contributed by atoms with Crippen molar-refractivity contribution in [2.75, 3.05) is 0 Å². The van der Waals surface area contributed by atoms with E-state index in [2.05, 4.69) is 83.4 Å². The standard InChI is InChI=1S/C45H28N4OS/c46-44(48-45(29-15-5-2-6-16-29)47-27-28-13-3-1-4-14-28)33-19-11-23-37-40(33)32-25-26-39-42(43(32)50-37)41-36(22-12-24-38(41)51-39)49-34-20-9-7-17-30(34)31-18-8-10-21-35(31)49/h1-27,46H. The maximum atomic E-state index is 9.33. The van der Waals surface area contributed by atoms with Gasteiger partial charge < -0.3 is 8.98 Å². The minimum Gasteiger partial charge on any atom is -0.455 e. The molecule has 0 aliphatic heterocycles. The molecular weight excluding hydrogens is 645 g/mol. The number of aliphatic imine (C=N–C) groups is 2. The van der Waals surface area contributed by atoms with Gasteiger partial charge in [-0.05, 0) is 48.0 Å². The van der Waals surface area contributed by atoms with E-state index in [0.717, 1.165) is 54.2 Å². The van der Waals surface area contributed by atoms with Crippen molar-refractivity contribution in [2.45, 2.75) is 0 Å². The molecule has 0 spiro atoms. The van der Waals surface area contributed by atoms with Crippen LogP contribution in [0.4, 0.5) is 0 Å². The summed E-state index contributed by atoms with van der Waals surface area (Å²) in [5.74, 6) is 0.588. The van der Waals surface area contributed by atoms with Crippen LogP contribution in [-0.4, -0.2) is 22.5 Å². The fraction of sp³-hybridized carbons (Fsp3) is 0. The van der Waals surface area contributed by atoms with Gasteiger partial charge in [0.1, 0.15) is 11.2 Å². The lowest BCUT2D eigenvalue weighted by Gasteiger charge is -2.10. The number of nitrogens with zero attached hydrogens (tertiary/aromatic N) is 3. The van der Waals surface area contributed by atoms with Crippen molar-refractivity contribution in [1.29, 1.82) is 5.41 Å². The number of fused-ring (bicyclic) bond motifs is 10. The maximum absolute atomic E-state index is 9.33. The quantitative estimate of drug-likeness (QED) is 0.147. The van der Waals surface area contributed by atoms with E-state index in [9.17, 15) is 5.41 Å². The first-order valence-corrected chi connectivity index (χ1v) is 17.6. The number of amidine groups is 2. The van der Waals surface area contributed by atoms with E-state index in [1.165, 1.54) is 26.5 Å². The number of hydrogen-bond acceptors (Lipinski definition) is 3. The number of rotatable bonds is 4. The molecule has 0 atom stereocenters. The fourth-order valence-electron chi connectivity index (χ4n) is 7.33. The van der Waals surface area contributed by atoms with E-state index in [4.69, 9.17) is 14.4 Å². The van der Waals surface area contributed by atoms with Gasteiger partial charge in [-0.2, -0.15) is 0 Å². The molecule has 0 amide bonds. The zero-order valence-electron chi connectivity index (χ0n) is 27.2. The first-order chi connectivity index (χ1) is 25.2. The van der Waals surface area contributed by atoms with Gasteiger partial charge in [-0.25, -0.2) is 9.98 Å². The van der Waals surface area contributed by atoms with Crippen LogP contribution in [0.1, 0.15) is 16.7 Å². The molecule has 6 heteroatoms. The van der Waals surface area contributed by atoms with Gasteiger partial charge in [0.25, 0.3) is 0 Å². The molecule has 1 N–H and O–H groups in total. The third-order valence-corrected chi connectivity index (χ3v) is 10.7. The molecule has 3 heterocycles. The van der Waals surface area contributed by atoms with Crippen molar-refractivity contribution in [3.05, 3.63) is 174 Å². The van der Waals surface area contributed by atoms with Gasteiger partial charge in [-0.1, -0.05) is 115 Å². The van der Waals surface area contributed by atoms with E-state index in [1.807, 2.05) is 78.9 Å². The van der Waals surface area contributed by atoms with Gasteiger partial charge in [-0.3, -0.25) is 5.41 Å². The molecule has 0 aliphatic rings. The lowest BCUT2D eigenvalue weighted by molar-refractivity contribution is 0.673. The highest BCUT2D eigenvalue weighted by Crippen LogP contribution is 2.46. The molecule has 10 aromatic rings. The van der Waals surface area contributed by atoms with E-state index < -0.39 is 0 Å². The summed E-state index contributed by atoms with van der Waals surface area (Å²) in [7, 11) is 0. The molecule has 0 saturated carbocycles. The topological polar surface area (TPSA) is 66.6 Å². The average molecular weight is 673 g/mol. The zero-order valence-corrected chi connectivity index (χ0v) is 28.1. The Balaban J connectivity index is 1.19. The summed E-state index contributed by atoms with van der Waals surface area (Å²) in [6, 6.07) is 53.7. The third-order valence-electron chi connectivity index (χ3n) is 9.56. The molecule has 0 radical (unpaired) electrons. The van der Waals surface area contributed by atoms with Gasteiger partial charge in [0, 0.05) is 59.1 Å². The van der Waals surface area contributed by atoms with Gasteiger partial charge >= 0.3 is 0 Å². The summed E-state index contributed by atoms with van der Waals surface area (Å²) in [6.07, 6.45) is 1.79. The Hall–Kier alpha value is -6.63. The van der Waals surface area contributed by atoms with E-state index in [-0.39, 0.29) is 5.84 Å². The molecule has 3 aromatic heterocycles. The molecule has 0 unspecified atom stereocenters. The van der Waals surface area contributed by atoms with Crippen molar-refractivity contribution >= 4 is 93.1 Å². The van der Waals surface area contributed by atoms with E-state index in [1.54, 1.807) is 17.6 Å². The van der Waals surface area contributed by atoms with E-state index in [0.29, 0.717) is 11.4 Å². The smallest absolute Gasteiger partial charge is 0.161 e.